The summed E-state index contributed by atoms with van der Waals surface area (Å²) in [7, 11) is 0. The number of hydrogen-bond donors (Lipinski definition) is 2. The van der Waals surface area contributed by atoms with Gasteiger partial charge in [-0.2, -0.15) is 0 Å². The van der Waals surface area contributed by atoms with Crippen molar-refractivity contribution in [2.75, 3.05) is 6.61 Å². The lowest BCUT2D eigenvalue weighted by Gasteiger charge is -2.21. The highest BCUT2D eigenvalue weighted by atomic mass is 19.1. The molecule has 0 bridgehead atoms. The van der Waals surface area contributed by atoms with Crippen molar-refractivity contribution in [1.29, 1.82) is 0 Å². The summed E-state index contributed by atoms with van der Waals surface area (Å²) in [5.74, 6) is -0.318. The number of aromatic nitrogens is 1. The van der Waals surface area contributed by atoms with Crippen LogP contribution in [0.15, 0.2) is 18.5 Å². The van der Waals surface area contributed by atoms with E-state index in [0.717, 1.165) is 12.0 Å². The molecule has 0 fully saturated rings. The normalized spacial score (nSPS) is 14.8. The molecule has 1 aromatic rings. The lowest BCUT2D eigenvalue weighted by molar-refractivity contribution is 0.257. The van der Waals surface area contributed by atoms with Crippen molar-refractivity contribution in [3.8, 4) is 0 Å². The van der Waals surface area contributed by atoms with Gasteiger partial charge in [0.15, 0.2) is 0 Å². The Morgan fingerprint density at radius 1 is 1.50 bits per heavy atom. The van der Waals surface area contributed by atoms with Crippen LogP contribution in [0.1, 0.15) is 38.3 Å². The zero-order valence-corrected chi connectivity index (χ0v) is 9.78. The maximum atomic E-state index is 13.0. The van der Waals surface area contributed by atoms with Crippen LogP contribution in [0.3, 0.4) is 0 Å². The molecule has 0 aliphatic heterocycles. The number of hydrogen-bond acceptors (Lipinski definition) is 3. The van der Waals surface area contributed by atoms with Crippen molar-refractivity contribution >= 4 is 0 Å². The van der Waals surface area contributed by atoms with E-state index >= 15 is 0 Å². The van der Waals surface area contributed by atoms with Crippen molar-refractivity contribution < 1.29 is 9.50 Å². The van der Waals surface area contributed by atoms with Gasteiger partial charge in [-0.25, -0.2) is 4.39 Å². The molecule has 0 spiro atoms. The van der Waals surface area contributed by atoms with Gasteiger partial charge in [-0.15, -0.1) is 0 Å². The molecule has 0 radical (unpaired) electrons. The Labute approximate surface area is 95.7 Å². The molecule has 90 valence electrons. The first-order chi connectivity index (χ1) is 7.67. The number of nitrogens with zero attached hydrogens (tertiary/aromatic N) is 1. The predicted octanol–water partition coefficient (Wildman–Crippen LogP) is 2.03. The Morgan fingerprint density at radius 2 is 2.25 bits per heavy atom. The smallest absolute Gasteiger partial charge is 0.141 e. The van der Waals surface area contributed by atoms with E-state index in [2.05, 4.69) is 17.2 Å². The number of aliphatic hydroxyl groups is 1. The molecule has 3 nitrogen and oxygen atoms in total. The average Bonchev–Trinajstić information content (AvgIpc) is 2.28. The van der Waals surface area contributed by atoms with Crippen molar-refractivity contribution in [2.24, 2.45) is 0 Å². The van der Waals surface area contributed by atoms with E-state index < -0.39 is 0 Å². The minimum absolute atomic E-state index is 0.0414. The fourth-order valence-electron chi connectivity index (χ4n) is 1.68. The Morgan fingerprint density at radius 3 is 2.81 bits per heavy atom. The van der Waals surface area contributed by atoms with E-state index in [9.17, 15) is 4.39 Å². The quantitative estimate of drug-likeness (QED) is 0.780. The molecule has 0 aliphatic carbocycles. The molecule has 2 N–H and O–H groups in total. The molecular formula is C12H19FN2O. The molecule has 1 rings (SSSR count). The van der Waals surface area contributed by atoms with E-state index in [0.29, 0.717) is 6.42 Å². The Hall–Kier alpha value is -1.00. The summed E-state index contributed by atoms with van der Waals surface area (Å²) < 4.78 is 13.0. The molecule has 2 atom stereocenters. The van der Waals surface area contributed by atoms with Gasteiger partial charge in [0.25, 0.3) is 0 Å². The summed E-state index contributed by atoms with van der Waals surface area (Å²) in [6, 6.07) is 1.78. The van der Waals surface area contributed by atoms with E-state index in [-0.39, 0.29) is 24.5 Å². The highest BCUT2D eigenvalue weighted by Gasteiger charge is 2.12. The van der Waals surface area contributed by atoms with Gasteiger partial charge in [0.2, 0.25) is 0 Å². The predicted molar refractivity (Wildman–Crippen MR) is 61.5 cm³/mol. The van der Waals surface area contributed by atoms with E-state index in [1.165, 1.54) is 12.3 Å². The van der Waals surface area contributed by atoms with Crippen LogP contribution >= 0.6 is 0 Å². The second-order valence-electron chi connectivity index (χ2n) is 3.94. The number of rotatable bonds is 6. The zero-order valence-electron chi connectivity index (χ0n) is 9.78. The van der Waals surface area contributed by atoms with Gasteiger partial charge >= 0.3 is 0 Å². The Kier molecular flexibility index (Phi) is 5.35. The topological polar surface area (TPSA) is 45.1 Å². The van der Waals surface area contributed by atoms with Crippen molar-refractivity contribution in [3.05, 3.63) is 29.8 Å². The van der Waals surface area contributed by atoms with Crippen molar-refractivity contribution in [3.63, 3.8) is 0 Å². The second-order valence-corrected chi connectivity index (χ2v) is 3.94. The Bertz CT molecular complexity index is 320. The molecule has 1 aromatic heterocycles. The summed E-state index contributed by atoms with van der Waals surface area (Å²) in [6.07, 6.45) is 4.50. The molecule has 4 heteroatoms. The van der Waals surface area contributed by atoms with E-state index in [1.54, 1.807) is 6.20 Å². The third-order valence-corrected chi connectivity index (χ3v) is 2.68. The second kappa shape index (κ2) is 6.55. The monoisotopic (exact) mass is 226 g/mol. The third kappa shape index (κ3) is 3.87. The minimum Gasteiger partial charge on any atom is -0.396 e. The first-order valence-electron chi connectivity index (χ1n) is 5.64. The molecule has 0 aliphatic rings. The molecular weight excluding hydrogens is 207 g/mol. The van der Waals surface area contributed by atoms with Gasteiger partial charge in [-0.1, -0.05) is 6.92 Å². The molecule has 0 amide bonds. The zero-order chi connectivity index (χ0) is 12.0. The van der Waals surface area contributed by atoms with Crippen LogP contribution in [0.5, 0.6) is 0 Å². The maximum Gasteiger partial charge on any atom is 0.141 e. The largest absolute Gasteiger partial charge is 0.396 e. The summed E-state index contributed by atoms with van der Waals surface area (Å²) in [5.41, 5.74) is 0.830. The molecule has 0 aromatic carbocycles. The molecule has 0 saturated heterocycles. The highest BCUT2D eigenvalue weighted by molar-refractivity contribution is 5.14. The fraction of sp³-hybridized carbons (Fsp3) is 0.583. The molecule has 1 heterocycles. The van der Waals surface area contributed by atoms with E-state index in [1.807, 2.05) is 6.92 Å². The first-order valence-corrected chi connectivity index (χ1v) is 5.64. The number of pyridine rings is 1. The van der Waals surface area contributed by atoms with Crippen molar-refractivity contribution in [1.82, 2.24) is 10.3 Å². The van der Waals surface area contributed by atoms with Gasteiger partial charge in [-0.3, -0.25) is 4.98 Å². The lowest BCUT2D eigenvalue weighted by atomic mass is 10.1. The van der Waals surface area contributed by atoms with Crippen LogP contribution in [-0.4, -0.2) is 22.7 Å². The van der Waals surface area contributed by atoms with Crippen LogP contribution in [0.25, 0.3) is 0 Å². The minimum atomic E-state index is -0.318. The molecule has 16 heavy (non-hydrogen) atoms. The first kappa shape index (κ1) is 13.1. The average molecular weight is 226 g/mol. The van der Waals surface area contributed by atoms with E-state index in [4.69, 9.17) is 5.11 Å². The van der Waals surface area contributed by atoms with Crippen LogP contribution < -0.4 is 5.32 Å². The molecule has 0 saturated carbocycles. The van der Waals surface area contributed by atoms with Crippen LogP contribution in [0.4, 0.5) is 4.39 Å². The SMILES string of the molecule is CCC(CCO)NC(C)c1cncc(F)c1. The van der Waals surface area contributed by atoms with Gasteiger partial charge in [-0.05, 0) is 31.4 Å². The highest BCUT2D eigenvalue weighted by Crippen LogP contribution is 2.14. The number of halogens is 1. The van der Waals surface area contributed by atoms with Crippen molar-refractivity contribution in [2.45, 2.75) is 38.8 Å². The number of nitrogens with one attached hydrogen (secondary N) is 1. The summed E-state index contributed by atoms with van der Waals surface area (Å²) >= 11 is 0. The standard InChI is InChI=1S/C12H19FN2O/c1-3-12(4-5-16)15-9(2)10-6-11(13)8-14-7-10/h6-9,12,15-16H,3-5H2,1-2H3. The number of aliphatic hydroxyl groups excluding tert-OH is 1. The Balaban J connectivity index is 2.60. The molecule has 2 unspecified atom stereocenters. The van der Waals surface area contributed by atoms with Crippen LogP contribution in [0.2, 0.25) is 0 Å². The van der Waals surface area contributed by atoms with Crippen LogP contribution in [-0.2, 0) is 0 Å². The third-order valence-electron chi connectivity index (χ3n) is 2.68. The maximum absolute atomic E-state index is 13.0. The van der Waals surface area contributed by atoms with Gasteiger partial charge in [0.05, 0.1) is 6.20 Å². The fourth-order valence-corrected chi connectivity index (χ4v) is 1.68. The van der Waals surface area contributed by atoms with Gasteiger partial charge in [0.1, 0.15) is 5.82 Å². The van der Waals surface area contributed by atoms with Gasteiger partial charge < -0.3 is 10.4 Å². The van der Waals surface area contributed by atoms with Gasteiger partial charge in [0, 0.05) is 24.9 Å². The summed E-state index contributed by atoms with van der Waals surface area (Å²) in [4.78, 5) is 3.82. The van der Waals surface area contributed by atoms with Crippen LogP contribution in [0, 0.1) is 5.82 Å². The summed E-state index contributed by atoms with van der Waals surface area (Å²) in [6.45, 7) is 4.19. The summed E-state index contributed by atoms with van der Waals surface area (Å²) in [5, 5.41) is 12.2. The lowest BCUT2D eigenvalue weighted by Crippen LogP contribution is -2.31.